The zero-order valence-corrected chi connectivity index (χ0v) is 9.78. The standard InChI is InChI=1S/C11H12BrF2N/c12-9-2-1-8(10(13)5-9)6-11(14)3-4-15-7-11/h1-2,5,15H,3-4,6-7H2. The molecule has 0 radical (unpaired) electrons. The molecule has 0 amide bonds. The molecule has 0 aliphatic carbocycles. The van der Waals surface area contributed by atoms with Gasteiger partial charge >= 0.3 is 0 Å². The maximum absolute atomic E-state index is 14.0. The average Bonchev–Trinajstić information content (AvgIpc) is 2.58. The third-order valence-corrected chi connectivity index (χ3v) is 3.21. The molecule has 82 valence electrons. The number of alkyl halides is 1. The van der Waals surface area contributed by atoms with Gasteiger partial charge in [0.15, 0.2) is 0 Å². The lowest BCUT2D eigenvalue weighted by molar-refractivity contribution is 0.188. The molecule has 0 saturated carbocycles. The van der Waals surface area contributed by atoms with Gasteiger partial charge in [0.1, 0.15) is 11.5 Å². The second kappa shape index (κ2) is 4.18. The highest BCUT2D eigenvalue weighted by Gasteiger charge is 2.34. The lowest BCUT2D eigenvalue weighted by atomic mass is 9.95. The summed E-state index contributed by atoms with van der Waals surface area (Å²) in [6.07, 6.45) is 0.613. The fourth-order valence-electron chi connectivity index (χ4n) is 1.87. The van der Waals surface area contributed by atoms with Crippen molar-refractivity contribution in [3.63, 3.8) is 0 Å². The Balaban J connectivity index is 2.16. The molecule has 1 aromatic rings. The summed E-state index contributed by atoms with van der Waals surface area (Å²) in [6.45, 7) is 0.997. The number of hydrogen-bond acceptors (Lipinski definition) is 1. The first kappa shape index (κ1) is 11.0. The van der Waals surface area contributed by atoms with Crippen LogP contribution in [-0.2, 0) is 6.42 Å². The summed E-state index contributed by atoms with van der Waals surface area (Å²) in [6, 6.07) is 4.75. The Kier molecular flexibility index (Phi) is 3.07. The predicted molar refractivity (Wildman–Crippen MR) is 59.1 cm³/mol. The van der Waals surface area contributed by atoms with E-state index in [1.54, 1.807) is 12.1 Å². The van der Waals surface area contributed by atoms with Crippen molar-refractivity contribution in [2.45, 2.75) is 18.5 Å². The van der Waals surface area contributed by atoms with Gasteiger partial charge in [-0.15, -0.1) is 0 Å². The molecule has 1 N–H and O–H groups in total. The molecule has 2 rings (SSSR count). The van der Waals surface area contributed by atoms with Crippen molar-refractivity contribution >= 4 is 15.9 Å². The molecule has 1 fully saturated rings. The molecule has 1 nitrogen and oxygen atoms in total. The van der Waals surface area contributed by atoms with Crippen LogP contribution in [0.4, 0.5) is 8.78 Å². The molecule has 0 bridgehead atoms. The molecule has 4 heteroatoms. The van der Waals surface area contributed by atoms with Crippen LogP contribution in [0.3, 0.4) is 0 Å². The zero-order chi connectivity index (χ0) is 10.9. The minimum Gasteiger partial charge on any atom is -0.313 e. The van der Waals surface area contributed by atoms with Crippen LogP contribution in [0.25, 0.3) is 0 Å². The molecular weight excluding hydrogens is 264 g/mol. The smallest absolute Gasteiger partial charge is 0.128 e. The second-order valence-electron chi connectivity index (χ2n) is 3.99. The van der Waals surface area contributed by atoms with Crippen LogP contribution in [-0.4, -0.2) is 18.8 Å². The zero-order valence-electron chi connectivity index (χ0n) is 8.19. The maximum Gasteiger partial charge on any atom is 0.128 e. The molecular formula is C11H12BrF2N. The van der Waals surface area contributed by atoms with Gasteiger partial charge in [-0.3, -0.25) is 0 Å². The monoisotopic (exact) mass is 275 g/mol. The minimum absolute atomic E-state index is 0.152. The fourth-order valence-corrected chi connectivity index (χ4v) is 2.20. The molecule has 1 aromatic carbocycles. The van der Waals surface area contributed by atoms with Gasteiger partial charge in [0, 0.05) is 17.4 Å². The van der Waals surface area contributed by atoms with Gasteiger partial charge in [-0.25, -0.2) is 8.78 Å². The van der Waals surface area contributed by atoms with Gasteiger partial charge in [0.25, 0.3) is 0 Å². The highest BCUT2D eigenvalue weighted by molar-refractivity contribution is 9.10. The van der Waals surface area contributed by atoms with Gasteiger partial charge in [0.05, 0.1) is 0 Å². The van der Waals surface area contributed by atoms with Crippen molar-refractivity contribution in [2.24, 2.45) is 0 Å². The summed E-state index contributed by atoms with van der Waals surface area (Å²) >= 11 is 3.18. The van der Waals surface area contributed by atoms with E-state index in [2.05, 4.69) is 21.2 Å². The Labute approximate surface area is 96.0 Å². The lowest BCUT2D eigenvalue weighted by Gasteiger charge is -2.18. The van der Waals surface area contributed by atoms with Crippen molar-refractivity contribution in [3.8, 4) is 0 Å². The lowest BCUT2D eigenvalue weighted by Crippen LogP contribution is -2.29. The Morgan fingerprint density at radius 2 is 2.27 bits per heavy atom. The van der Waals surface area contributed by atoms with Crippen LogP contribution in [0, 0.1) is 5.82 Å². The fraction of sp³-hybridized carbons (Fsp3) is 0.455. The quantitative estimate of drug-likeness (QED) is 0.875. The van der Waals surface area contributed by atoms with Gasteiger partial charge in [-0.2, -0.15) is 0 Å². The number of rotatable bonds is 2. The van der Waals surface area contributed by atoms with Crippen molar-refractivity contribution in [3.05, 3.63) is 34.1 Å². The van der Waals surface area contributed by atoms with Crippen LogP contribution in [0.5, 0.6) is 0 Å². The average molecular weight is 276 g/mol. The van der Waals surface area contributed by atoms with Gasteiger partial charge < -0.3 is 5.32 Å². The molecule has 1 unspecified atom stereocenters. The molecule has 1 aliphatic rings. The second-order valence-corrected chi connectivity index (χ2v) is 4.91. The van der Waals surface area contributed by atoms with Crippen molar-refractivity contribution in [2.75, 3.05) is 13.1 Å². The number of nitrogens with one attached hydrogen (secondary N) is 1. The topological polar surface area (TPSA) is 12.0 Å². The van der Waals surface area contributed by atoms with E-state index in [9.17, 15) is 8.78 Å². The Hall–Kier alpha value is -0.480. The first-order chi connectivity index (χ1) is 7.09. The Morgan fingerprint density at radius 1 is 1.47 bits per heavy atom. The Bertz CT molecular complexity index is 362. The molecule has 1 heterocycles. The molecule has 0 aromatic heterocycles. The first-order valence-corrected chi connectivity index (χ1v) is 5.72. The summed E-state index contributed by atoms with van der Waals surface area (Å²) in [5, 5.41) is 2.96. The number of benzene rings is 1. The van der Waals surface area contributed by atoms with Gasteiger partial charge in [-0.05, 0) is 30.7 Å². The molecule has 1 saturated heterocycles. The van der Waals surface area contributed by atoms with Crippen molar-refractivity contribution in [1.29, 1.82) is 0 Å². The highest BCUT2D eigenvalue weighted by atomic mass is 79.9. The number of halogens is 3. The van der Waals surface area contributed by atoms with Crippen LogP contribution < -0.4 is 5.32 Å². The highest BCUT2D eigenvalue weighted by Crippen LogP contribution is 2.27. The van der Waals surface area contributed by atoms with E-state index in [-0.39, 0.29) is 12.2 Å². The number of hydrogen-bond donors (Lipinski definition) is 1. The van der Waals surface area contributed by atoms with E-state index in [0.717, 1.165) is 0 Å². The summed E-state index contributed by atoms with van der Waals surface area (Å²) in [4.78, 5) is 0. The van der Waals surface area contributed by atoms with Crippen LogP contribution in [0.1, 0.15) is 12.0 Å². The third kappa shape index (κ3) is 2.55. The third-order valence-electron chi connectivity index (χ3n) is 2.71. The van der Waals surface area contributed by atoms with E-state index in [4.69, 9.17) is 0 Å². The van der Waals surface area contributed by atoms with Crippen molar-refractivity contribution in [1.82, 2.24) is 5.32 Å². The predicted octanol–water partition coefficient (Wildman–Crippen LogP) is 2.83. The van der Waals surface area contributed by atoms with Crippen molar-refractivity contribution < 1.29 is 8.78 Å². The van der Waals surface area contributed by atoms with Gasteiger partial charge in [0.2, 0.25) is 0 Å². The van der Waals surface area contributed by atoms with Gasteiger partial charge in [-0.1, -0.05) is 22.0 Å². The van der Waals surface area contributed by atoms with E-state index in [1.165, 1.54) is 6.07 Å². The maximum atomic E-state index is 14.0. The summed E-state index contributed by atoms with van der Waals surface area (Å²) in [5.41, 5.74) is -0.835. The minimum atomic E-state index is -1.28. The van der Waals surface area contributed by atoms with E-state index in [1.807, 2.05) is 0 Å². The summed E-state index contributed by atoms with van der Waals surface area (Å²) in [7, 11) is 0. The summed E-state index contributed by atoms with van der Waals surface area (Å²) in [5.74, 6) is -0.340. The molecule has 15 heavy (non-hydrogen) atoms. The normalized spacial score (nSPS) is 25.8. The van der Waals surface area contributed by atoms with Crippen LogP contribution in [0.15, 0.2) is 22.7 Å². The van der Waals surface area contributed by atoms with E-state index in [0.29, 0.717) is 29.5 Å². The SMILES string of the molecule is Fc1cc(Br)ccc1CC1(F)CCNC1. The molecule has 1 atom stereocenters. The van der Waals surface area contributed by atoms with E-state index < -0.39 is 5.67 Å². The summed E-state index contributed by atoms with van der Waals surface area (Å²) < 4.78 is 28.2. The van der Waals surface area contributed by atoms with Crippen LogP contribution in [0.2, 0.25) is 0 Å². The first-order valence-electron chi connectivity index (χ1n) is 4.93. The van der Waals surface area contributed by atoms with E-state index >= 15 is 0 Å². The largest absolute Gasteiger partial charge is 0.313 e. The molecule has 0 spiro atoms. The molecule has 1 aliphatic heterocycles. The van der Waals surface area contributed by atoms with Crippen LogP contribution >= 0.6 is 15.9 Å². The Morgan fingerprint density at radius 3 is 2.87 bits per heavy atom.